The highest BCUT2D eigenvalue weighted by Gasteiger charge is 2.43. The third-order valence-electron chi connectivity index (χ3n) is 6.64. The van der Waals surface area contributed by atoms with Crippen molar-refractivity contribution in [2.45, 2.75) is 56.1 Å². The lowest BCUT2D eigenvalue weighted by molar-refractivity contribution is 0.374. The molecule has 0 amide bonds. The van der Waals surface area contributed by atoms with Gasteiger partial charge < -0.3 is 21.3 Å². The monoisotopic (exact) mass is 390 g/mol. The Morgan fingerprint density at radius 2 is 2.07 bits per heavy atom. The van der Waals surface area contributed by atoms with E-state index < -0.39 is 0 Å². The summed E-state index contributed by atoms with van der Waals surface area (Å²) in [7, 11) is 0. The molecule has 4 N–H and O–H groups in total. The molecule has 0 aromatic carbocycles. The standard InChI is InChI=1S/C23H30N6/c24-23(9-12-26-16-23)22-20-7-10-25-15-17(20)8-13-29(22)19-6-11-27-21(14-19)28-18-4-2-1-3-5-18/h6-8,10-11,13-15,18,22,26H,1-5,9,12,16,24H2,(H,27,28)/t22?,23-/m1/s1. The van der Waals surface area contributed by atoms with Gasteiger partial charge in [-0.15, -0.1) is 0 Å². The van der Waals surface area contributed by atoms with E-state index in [0.717, 1.165) is 36.6 Å². The van der Waals surface area contributed by atoms with Crippen LogP contribution in [0.5, 0.6) is 0 Å². The molecule has 1 saturated heterocycles. The lowest BCUT2D eigenvalue weighted by Gasteiger charge is -2.44. The van der Waals surface area contributed by atoms with Crippen LogP contribution in [0.4, 0.5) is 11.5 Å². The van der Waals surface area contributed by atoms with Gasteiger partial charge in [0, 0.05) is 49.1 Å². The van der Waals surface area contributed by atoms with Crippen LogP contribution in [0, 0.1) is 0 Å². The summed E-state index contributed by atoms with van der Waals surface area (Å²) in [6, 6.07) is 6.97. The first-order valence-corrected chi connectivity index (χ1v) is 10.9. The highest BCUT2D eigenvalue weighted by atomic mass is 15.2. The maximum atomic E-state index is 6.97. The molecule has 152 valence electrons. The van der Waals surface area contributed by atoms with Crippen LogP contribution < -0.4 is 21.3 Å². The van der Waals surface area contributed by atoms with E-state index >= 15 is 0 Å². The Morgan fingerprint density at radius 3 is 2.90 bits per heavy atom. The molecule has 29 heavy (non-hydrogen) atoms. The SMILES string of the molecule is N[C@]1(C2c3ccncc3C=CN2c2ccnc(NC3CCCCC3)c2)CCNC1. The molecule has 2 fully saturated rings. The van der Waals surface area contributed by atoms with Crippen LogP contribution in [-0.4, -0.2) is 34.6 Å². The van der Waals surface area contributed by atoms with Gasteiger partial charge in [0.1, 0.15) is 5.82 Å². The van der Waals surface area contributed by atoms with Crippen molar-refractivity contribution in [2.24, 2.45) is 5.73 Å². The largest absolute Gasteiger partial charge is 0.367 e. The molecule has 6 nitrogen and oxygen atoms in total. The van der Waals surface area contributed by atoms with E-state index in [9.17, 15) is 0 Å². The highest BCUT2D eigenvalue weighted by molar-refractivity contribution is 5.68. The Labute approximate surface area is 172 Å². The van der Waals surface area contributed by atoms with Gasteiger partial charge in [0.25, 0.3) is 0 Å². The third-order valence-corrected chi connectivity index (χ3v) is 6.64. The number of rotatable bonds is 4. The van der Waals surface area contributed by atoms with Crippen LogP contribution in [0.3, 0.4) is 0 Å². The molecular weight excluding hydrogens is 360 g/mol. The molecule has 2 aliphatic heterocycles. The van der Waals surface area contributed by atoms with Crippen LogP contribution in [0.2, 0.25) is 0 Å². The predicted molar refractivity (Wildman–Crippen MR) is 118 cm³/mol. The summed E-state index contributed by atoms with van der Waals surface area (Å²) in [4.78, 5) is 11.2. The summed E-state index contributed by atoms with van der Waals surface area (Å²) in [5, 5.41) is 7.12. The molecule has 1 unspecified atom stereocenters. The van der Waals surface area contributed by atoms with Crippen molar-refractivity contribution in [1.82, 2.24) is 15.3 Å². The number of nitrogens with two attached hydrogens (primary N) is 1. The average Bonchev–Trinajstić information content (AvgIpc) is 3.21. The van der Waals surface area contributed by atoms with Gasteiger partial charge in [0.2, 0.25) is 0 Å². The number of fused-ring (bicyclic) bond motifs is 1. The minimum absolute atomic E-state index is 0.0606. The van der Waals surface area contributed by atoms with Gasteiger partial charge in [0.15, 0.2) is 0 Å². The number of nitrogens with zero attached hydrogens (tertiary/aromatic N) is 3. The van der Waals surface area contributed by atoms with Gasteiger partial charge in [0.05, 0.1) is 11.6 Å². The highest BCUT2D eigenvalue weighted by Crippen LogP contribution is 2.42. The Bertz CT molecular complexity index is 882. The van der Waals surface area contributed by atoms with E-state index in [1.165, 1.54) is 37.7 Å². The van der Waals surface area contributed by atoms with Crippen molar-refractivity contribution >= 4 is 17.6 Å². The zero-order valence-corrected chi connectivity index (χ0v) is 16.8. The van der Waals surface area contributed by atoms with E-state index in [1.54, 1.807) is 0 Å². The zero-order valence-electron chi connectivity index (χ0n) is 16.8. The number of hydrogen-bond acceptors (Lipinski definition) is 6. The van der Waals surface area contributed by atoms with Crippen molar-refractivity contribution in [3.05, 3.63) is 54.1 Å². The van der Waals surface area contributed by atoms with Crippen LogP contribution in [0.15, 0.2) is 43.0 Å². The average molecular weight is 391 g/mol. The molecule has 1 aliphatic carbocycles. The van der Waals surface area contributed by atoms with Crippen molar-refractivity contribution < 1.29 is 0 Å². The molecule has 1 saturated carbocycles. The molecule has 3 aliphatic rings. The van der Waals surface area contributed by atoms with E-state index in [1.807, 2.05) is 18.6 Å². The van der Waals surface area contributed by atoms with Gasteiger partial charge >= 0.3 is 0 Å². The first-order chi connectivity index (χ1) is 14.2. The van der Waals surface area contributed by atoms with Crippen molar-refractivity contribution in [3.8, 4) is 0 Å². The Morgan fingerprint density at radius 1 is 1.17 bits per heavy atom. The Hall–Kier alpha value is -2.44. The lowest BCUT2D eigenvalue weighted by atomic mass is 9.81. The van der Waals surface area contributed by atoms with Gasteiger partial charge in [-0.1, -0.05) is 19.3 Å². The number of hydrogen-bond donors (Lipinski definition) is 3. The number of anilines is 2. The van der Waals surface area contributed by atoms with Crippen molar-refractivity contribution in [1.29, 1.82) is 0 Å². The summed E-state index contributed by atoms with van der Waals surface area (Å²) < 4.78 is 0. The molecule has 0 spiro atoms. The van der Waals surface area contributed by atoms with Crippen molar-refractivity contribution in [2.75, 3.05) is 23.3 Å². The van der Waals surface area contributed by atoms with Crippen LogP contribution >= 0.6 is 0 Å². The molecular formula is C23H30N6. The summed E-state index contributed by atoms with van der Waals surface area (Å²) in [5.74, 6) is 0.956. The fraction of sp³-hybridized carbons (Fsp3) is 0.478. The predicted octanol–water partition coefficient (Wildman–Crippen LogP) is 3.44. The second-order valence-corrected chi connectivity index (χ2v) is 8.67. The summed E-state index contributed by atoms with van der Waals surface area (Å²) >= 11 is 0. The lowest BCUT2D eigenvalue weighted by Crippen LogP contribution is -2.54. The summed E-state index contributed by atoms with van der Waals surface area (Å²) in [6.07, 6.45) is 17.4. The van der Waals surface area contributed by atoms with E-state index in [0.29, 0.717) is 6.04 Å². The molecule has 4 heterocycles. The quantitative estimate of drug-likeness (QED) is 0.742. The minimum Gasteiger partial charge on any atom is -0.367 e. The van der Waals surface area contributed by atoms with Gasteiger partial charge in [-0.3, -0.25) is 4.98 Å². The fourth-order valence-electron chi connectivity index (χ4n) is 5.10. The molecule has 6 heteroatoms. The zero-order chi connectivity index (χ0) is 19.7. The first kappa shape index (κ1) is 18.6. The number of nitrogens with one attached hydrogen (secondary N) is 2. The summed E-state index contributed by atoms with van der Waals surface area (Å²) in [5.41, 5.74) is 10.2. The number of pyridine rings is 2. The summed E-state index contributed by atoms with van der Waals surface area (Å²) in [6.45, 7) is 1.76. The normalized spacial score (nSPS) is 27.1. The Balaban J connectivity index is 1.48. The van der Waals surface area contributed by atoms with Crippen molar-refractivity contribution in [3.63, 3.8) is 0 Å². The molecule has 2 aromatic rings. The van der Waals surface area contributed by atoms with E-state index in [-0.39, 0.29) is 11.6 Å². The molecule has 5 rings (SSSR count). The maximum Gasteiger partial charge on any atom is 0.128 e. The Kier molecular flexibility index (Phi) is 4.97. The van der Waals surface area contributed by atoms with Gasteiger partial charge in [-0.2, -0.15) is 0 Å². The van der Waals surface area contributed by atoms with Gasteiger partial charge in [-0.25, -0.2) is 4.98 Å². The third kappa shape index (κ3) is 3.63. The first-order valence-electron chi connectivity index (χ1n) is 10.9. The smallest absolute Gasteiger partial charge is 0.128 e. The molecule has 0 bridgehead atoms. The van der Waals surface area contributed by atoms with Crippen LogP contribution in [0.25, 0.3) is 6.08 Å². The minimum atomic E-state index is -0.332. The topological polar surface area (TPSA) is 79.1 Å². The van der Waals surface area contributed by atoms with Crippen LogP contribution in [0.1, 0.15) is 55.7 Å². The van der Waals surface area contributed by atoms with E-state index in [4.69, 9.17) is 5.73 Å². The molecule has 0 radical (unpaired) electrons. The van der Waals surface area contributed by atoms with Gasteiger partial charge in [-0.05, 0) is 55.1 Å². The second-order valence-electron chi connectivity index (χ2n) is 8.67. The number of aromatic nitrogens is 2. The van der Waals surface area contributed by atoms with Crippen LogP contribution in [-0.2, 0) is 0 Å². The molecule has 2 aromatic heterocycles. The second kappa shape index (κ2) is 7.76. The molecule has 2 atom stereocenters. The van der Waals surface area contributed by atoms with E-state index in [2.05, 4.69) is 56.0 Å². The fourth-order valence-corrected chi connectivity index (χ4v) is 5.10. The maximum absolute atomic E-state index is 6.97.